The van der Waals surface area contributed by atoms with Gasteiger partial charge in [0, 0.05) is 13.1 Å². The van der Waals surface area contributed by atoms with Crippen LogP contribution in [0.2, 0.25) is 0 Å². The zero-order chi connectivity index (χ0) is 13.9. The molecule has 0 aromatic rings. The van der Waals surface area contributed by atoms with Crippen LogP contribution >= 0.6 is 0 Å². The van der Waals surface area contributed by atoms with Gasteiger partial charge in [0.2, 0.25) is 5.91 Å². The highest BCUT2D eigenvalue weighted by atomic mass is 16.2. The average Bonchev–Trinajstić information content (AvgIpc) is 2.49. The van der Waals surface area contributed by atoms with Gasteiger partial charge in [-0.15, -0.1) is 0 Å². The SMILES string of the molecule is CCC1(C)NC(CC(C)C)N(CCN(C)C)C1=O. The molecular formula is C14H29N3O. The van der Waals surface area contributed by atoms with E-state index in [2.05, 4.69) is 31.0 Å². The number of likely N-dealkylation sites (N-methyl/N-ethyl adjacent to an activating group) is 1. The van der Waals surface area contributed by atoms with Crippen molar-refractivity contribution < 1.29 is 4.79 Å². The number of nitrogens with one attached hydrogen (secondary N) is 1. The molecule has 1 N–H and O–H groups in total. The molecule has 1 amide bonds. The molecule has 1 aliphatic rings. The smallest absolute Gasteiger partial charge is 0.243 e. The predicted molar refractivity (Wildman–Crippen MR) is 75.3 cm³/mol. The Hall–Kier alpha value is -0.610. The van der Waals surface area contributed by atoms with Crippen LogP contribution in [0.1, 0.15) is 40.5 Å². The van der Waals surface area contributed by atoms with E-state index in [0.717, 1.165) is 25.9 Å². The van der Waals surface area contributed by atoms with E-state index >= 15 is 0 Å². The largest absolute Gasteiger partial charge is 0.324 e. The molecule has 1 rings (SSSR count). The van der Waals surface area contributed by atoms with Gasteiger partial charge in [-0.25, -0.2) is 0 Å². The van der Waals surface area contributed by atoms with Crippen LogP contribution in [0.5, 0.6) is 0 Å². The Labute approximate surface area is 112 Å². The lowest BCUT2D eigenvalue weighted by Crippen LogP contribution is -2.44. The number of hydrogen-bond donors (Lipinski definition) is 1. The van der Waals surface area contributed by atoms with Crippen molar-refractivity contribution in [2.45, 2.75) is 52.2 Å². The fraction of sp³-hybridized carbons (Fsp3) is 0.929. The highest BCUT2D eigenvalue weighted by molar-refractivity contribution is 5.88. The second kappa shape index (κ2) is 6.02. The second-order valence-electron chi connectivity index (χ2n) is 6.28. The summed E-state index contributed by atoms with van der Waals surface area (Å²) < 4.78 is 0. The summed E-state index contributed by atoms with van der Waals surface area (Å²) in [6.45, 7) is 10.2. The van der Waals surface area contributed by atoms with E-state index in [1.54, 1.807) is 0 Å². The normalized spacial score (nSPS) is 28.8. The van der Waals surface area contributed by atoms with Gasteiger partial charge in [0.05, 0.1) is 11.7 Å². The number of rotatable bonds is 6. The van der Waals surface area contributed by atoms with E-state index < -0.39 is 0 Å². The molecule has 4 nitrogen and oxygen atoms in total. The standard InChI is InChI=1S/C14H29N3O/c1-7-14(4)13(18)17(9-8-16(5)6)12(15-14)10-11(2)3/h11-12,15H,7-10H2,1-6H3. The van der Waals surface area contributed by atoms with Gasteiger partial charge in [0.1, 0.15) is 0 Å². The third-order valence-corrected chi connectivity index (χ3v) is 3.78. The topological polar surface area (TPSA) is 35.6 Å². The molecule has 1 aliphatic heterocycles. The van der Waals surface area contributed by atoms with Gasteiger partial charge < -0.3 is 9.80 Å². The Morgan fingerprint density at radius 3 is 2.50 bits per heavy atom. The summed E-state index contributed by atoms with van der Waals surface area (Å²) in [5, 5.41) is 3.53. The fourth-order valence-electron chi connectivity index (χ4n) is 2.42. The molecule has 0 aliphatic carbocycles. The van der Waals surface area contributed by atoms with E-state index in [0.29, 0.717) is 5.92 Å². The molecule has 1 fully saturated rings. The molecule has 0 bridgehead atoms. The number of carbonyl (C=O) groups is 1. The molecule has 0 spiro atoms. The van der Waals surface area contributed by atoms with Crippen molar-refractivity contribution in [1.82, 2.24) is 15.1 Å². The first kappa shape index (κ1) is 15.4. The Bertz CT molecular complexity index is 291. The quantitative estimate of drug-likeness (QED) is 0.781. The Balaban J connectivity index is 2.76. The van der Waals surface area contributed by atoms with Crippen molar-refractivity contribution >= 4 is 5.91 Å². The number of nitrogens with zero attached hydrogens (tertiary/aromatic N) is 2. The van der Waals surface area contributed by atoms with Gasteiger partial charge in [0.25, 0.3) is 0 Å². The van der Waals surface area contributed by atoms with Gasteiger partial charge in [-0.05, 0) is 39.8 Å². The first-order valence-electron chi connectivity index (χ1n) is 7.03. The van der Waals surface area contributed by atoms with Crippen molar-refractivity contribution in [3.63, 3.8) is 0 Å². The van der Waals surface area contributed by atoms with Gasteiger partial charge in [-0.2, -0.15) is 0 Å². The zero-order valence-corrected chi connectivity index (χ0v) is 12.8. The van der Waals surface area contributed by atoms with Crippen LogP contribution in [0.25, 0.3) is 0 Å². The van der Waals surface area contributed by atoms with Crippen LogP contribution in [0.3, 0.4) is 0 Å². The van der Waals surface area contributed by atoms with Crippen LogP contribution in [-0.4, -0.2) is 54.6 Å². The van der Waals surface area contributed by atoms with Crippen LogP contribution in [0, 0.1) is 5.92 Å². The van der Waals surface area contributed by atoms with Crippen LogP contribution < -0.4 is 5.32 Å². The number of carbonyl (C=O) groups excluding carboxylic acids is 1. The van der Waals surface area contributed by atoms with Gasteiger partial charge in [-0.3, -0.25) is 10.1 Å². The lowest BCUT2D eigenvalue weighted by atomic mass is 9.99. The van der Waals surface area contributed by atoms with E-state index in [4.69, 9.17) is 0 Å². The summed E-state index contributed by atoms with van der Waals surface area (Å²) in [6.07, 6.45) is 2.07. The minimum Gasteiger partial charge on any atom is -0.324 e. The third-order valence-electron chi connectivity index (χ3n) is 3.78. The van der Waals surface area contributed by atoms with Crippen molar-refractivity contribution in [2.24, 2.45) is 5.92 Å². The van der Waals surface area contributed by atoms with Gasteiger partial charge in [0.15, 0.2) is 0 Å². The molecular weight excluding hydrogens is 226 g/mol. The van der Waals surface area contributed by atoms with Crippen molar-refractivity contribution in [2.75, 3.05) is 27.2 Å². The molecule has 0 saturated carbocycles. The summed E-state index contributed by atoms with van der Waals surface area (Å²) in [4.78, 5) is 16.7. The predicted octanol–water partition coefficient (Wildman–Crippen LogP) is 1.52. The fourth-order valence-corrected chi connectivity index (χ4v) is 2.42. The van der Waals surface area contributed by atoms with E-state index in [-0.39, 0.29) is 17.6 Å². The molecule has 2 unspecified atom stereocenters. The van der Waals surface area contributed by atoms with Crippen molar-refractivity contribution in [3.8, 4) is 0 Å². The van der Waals surface area contributed by atoms with Crippen LogP contribution in [-0.2, 0) is 4.79 Å². The first-order valence-corrected chi connectivity index (χ1v) is 7.03. The molecule has 2 atom stereocenters. The third kappa shape index (κ3) is 3.45. The first-order chi connectivity index (χ1) is 8.30. The number of hydrogen-bond acceptors (Lipinski definition) is 3. The Kier molecular flexibility index (Phi) is 5.17. The van der Waals surface area contributed by atoms with E-state index in [9.17, 15) is 4.79 Å². The lowest BCUT2D eigenvalue weighted by molar-refractivity contribution is -0.133. The molecule has 4 heteroatoms. The summed E-state index contributed by atoms with van der Waals surface area (Å²) in [5.41, 5.74) is -0.369. The molecule has 18 heavy (non-hydrogen) atoms. The summed E-state index contributed by atoms with van der Waals surface area (Å²) in [7, 11) is 4.09. The zero-order valence-electron chi connectivity index (χ0n) is 12.8. The van der Waals surface area contributed by atoms with Gasteiger partial charge in [-0.1, -0.05) is 20.8 Å². The minimum atomic E-state index is -0.369. The maximum Gasteiger partial charge on any atom is 0.243 e. The second-order valence-corrected chi connectivity index (χ2v) is 6.28. The van der Waals surface area contributed by atoms with Gasteiger partial charge >= 0.3 is 0 Å². The van der Waals surface area contributed by atoms with E-state index in [1.807, 2.05) is 25.9 Å². The molecule has 1 saturated heterocycles. The molecule has 106 valence electrons. The van der Waals surface area contributed by atoms with Crippen LogP contribution in [0.4, 0.5) is 0 Å². The molecule has 1 heterocycles. The average molecular weight is 255 g/mol. The maximum absolute atomic E-state index is 12.5. The lowest BCUT2D eigenvalue weighted by Gasteiger charge is -2.26. The summed E-state index contributed by atoms with van der Waals surface area (Å²) >= 11 is 0. The Morgan fingerprint density at radius 1 is 1.44 bits per heavy atom. The van der Waals surface area contributed by atoms with Crippen molar-refractivity contribution in [3.05, 3.63) is 0 Å². The monoisotopic (exact) mass is 255 g/mol. The Morgan fingerprint density at radius 2 is 2.06 bits per heavy atom. The highest BCUT2D eigenvalue weighted by Crippen LogP contribution is 2.26. The summed E-state index contributed by atoms with van der Waals surface area (Å²) in [5.74, 6) is 0.855. The maximum atomic E-state index is 12.5. The molecule has 0 aromatic heterocycles. The highest BCUT2D eigenvalue weighted by Gasteiger charge is 2.46. The van der Waals surface area contributed by atoms with E-state index in [1.165, 1.54) is 0 Å². The molecule has 0 aromatic carbocycles. The van der Waals surface area contributed by atoms with Crippen molar-refractivity contribution in [1.29, 1.82) is 0 Å². The molecule has 0 radical (unpaired) electrons. The number of amides is 1. The minimum absolute atomic E-state index is 0.197. The summed E-state index contributed by atoms with van der Waals surface area (Å²) in [6, 6.07) is 0. The van der Waals surface area contributed by atoms with Crippen LogP contribution in [0.15, 0.2) is 0 Å².